The molecular weight excluding hydrogens is 428 g/mol. The van der Waals surface area contributed by atoms with E-state index < -0.39 is 0 Å². The van der Waals surface area contributed by atoms with Crippen molar-refractivity contribution in [3.63, 3.8) is 0 Å². The first-order valence-corrected chi connectivity index (χ1v) is 13.0. The number of fused-ring (bicyclic) bond motifs is 1. The Bertz CT molecular complexity index is 1180. The molecule has 6 rings (SSSR count). The molecule has 3 heterocycles. The molecule has 0 radical (unpaired) electrons. The number of rotatable bonds is 3. The first-order chi connectivity index (χ1) is 15.4. The third kappa shape index (κ3) is 2.92. The molecule has 0 aliphatic carbocycles. The largest absolute Gasteiger partial charge is 0.331 e. The molecule has 0 unspecified atom stereocenters. The molecule has 3 atom stereocenters. The summed E-state index contributed by atoms with van der Waals surface area (Å²) in [5.41, 5.74) is 3.88. The van der Waals surface area contributed by atoms with Crippen LogP contribution in [0.1, 0.15) is 38.3 Å². The van der Waals surface area contributed by atoms with Gasteiger partial charge in [0.1, 0.15) is 14.8 Å². The number of anilines is 1. The molecule has 4 heteroatoms. The molecule has 3 aliphatic rings. The molecule has 162 valence electrons. The van der Waals surface area contributed by atoms with Gasteiger partial charge in [-0.15, -0.1) is 0 Å². The SMILES string of the molecule is CC(C)(C)N=C1S[C@]2(Sc3ccccc3)[C@H]3Cc4ccccc4N2[C@]1(c1ccccc1)C3. The summed E-state index contributed by atoms with van der Waals surface area (Å²) in [6.45, 7) is 6.66. The van der Waals surface area contributed by atoms with Crippen LogP contribution in [0.15, 0.2) is 94.8 Å². The maximum absolute atomic E-state index is 5.38. The van der Waals surface area contributed by atoms with Crippen molar-refractivity contribution < 1.29 is 0 Å². The summed E-state index contributed by atoms with van der Waals surface area (Å²) in [5, 5.41) is 1.27. The van der Waals surface area contributed by atoms with E-state index in [2.05, 4.69) is 111 Å². The van der Waals surface area contributed by atoms with Crippen LogP contribution in [-0.4, -0.2) is 14.8 Å². The van der Waals surface area contributed by atoms with Crippen molar-refractivity contribution in [3.05, 3.63) is 96.1 Å². The van der Waals surface area contributed by atoms with Gasteiger partial charge in [0, 0.05) is 16.5 Å². The van der Waals surface area contributed by atoms with Crippen LogP contribution < -0.4 is 4.90 Å². The number of hydrogen-bond acceptors (Lipinski definition) is 4. The van der Waals surface area contributed by atoms with Crippen LogP contribution in [0.5, 0.6) is 0 Å². The van der Waals surface area contributed by atoms with E-state index in [9.17, 15) is 0 Å². The monoisotopic (exact) mass is 456 g/mol. The summed E-state index contributed by atoms with van der Waals surface area (Å²) >= 11 is 4.04. The second kappa shape index (κ2) is 7.16. The van der Waals surface area contributed by atoms with Crippen molar-refractivity contribution in [2.24, 2.45) is 10.9 Å². The van der Waals surface area contributed by atoms with Crippen molar-refractivity contribution >= 4 is 34.3 Å². The molecule has 3 aromatic rings. The first kappa shape index (κ1) is 20.4. The quantitative estimate of drug-likeness (QED) is 0.409. The fraction of sp³-hybridized carbons (Fsp3) is 0.321. The summed E-state index contributed by atoms with van der Waals surface area (Å²) in [6.07, 6.45) is 2.23. The van der Waals surface area contributed by atoms with Gasteiger partial charge in [-0.3, -0.25) is 4.99 Å². The van der Waals surface area contributed by atoms with Crippen LogP contribution in [0.2, 0.25) is 0 Å². The van der Waals surface area contributed by atoms with Gasteiger partial charge in [0.2, 0.25) is 0 Å². The molecule has 0 aromatic heterocycles. The fourth-order valence-corrected chi connectivity index (χ4v) is 9.35. The van der Waals surface area contributed by atoms with E-state index in [4.69, 9.17) is 4.99 Å². The standard InChI is InChI=1S/C28H28N2S2/c1-26(2,3)29-25-27(21-13-6-4-7-14-21)19-22-18-20-12-10-11-17-24(20)30(27)28(22,32-25)31-23-15-8-5-9-16-23/h4-17,22H,18-19H2,1-3H3/t22-,27-,28+/m0/s1. The number of thioether (sulfide) groups is 2. The Balaban J connectivity index is 1.63. The highest BCUT2D eigenvalue weighted by Gasteiger charge is 2.72. The molecule has 2 nitrogen and oxygen atoms in total. The molecule has 4 bridgehead atoms. The smallest absolute Gasteiger partial charge is 0.147 e. The number of para-hydroxylation sites is 1. The lowest BCUT2D eigenvalue weighted by Crippen LogP contribution is -2.48. The van der Waals surface area contributed by atoms with E-state index >= 15 is 0 Å². The molecule has 2 saturated heterocycles. The fourth-order valence-electron chi connectivity index (χ4n) is 5.61. The lowest BCUT2D eigenvalue weighted by molar-refractivity contribution is 0.496. The number of benzene rings is 3. The Morgan fingerprint density at radius 1 is 0.906 bits per heavy atom. The Hall–Kier alpha value is -2.17. The van der Waals surface area contributed by atoms with E-state index in [1.807, 2.05) is 23.5 Å². The second-order valence-electron chi connectivity index (χ2n) is 10.0. The summed E-state index contributed by atoms with van der Waals surface area (Å²) < 4.78 is -0.0877. The molecule has 3 aromatic carbocycles. The molecule has 3 aliphatic heterocycles. The van der Waals surface area contributed by atoms with Gasteiger partial charge in [-0.2, -0.15) is 0 Å². The third-order valence-electron chi connectivity index (χ3n) is 6.74. The minimum atomic E-state index is -0.210. The first-order valence-electron chi connectivity index (χ1n) is 11.4. The summed E-state index contributed by atoms with van der Waals surface area (Å²) in [7, 11) is 0. The normalized spacial score (nSPS) is 29.4. The average molecular weight is 457 g/mol. The molecule has 0 amide bonds. The van der Waals surface area contributed by atoms with Crippen molar-refractivity contribution in [2.75, 3.05) is 4.90 Å². The molecule has 2 fully saturated rings. The van der Waals surface area contributed by atoms with E-state index in [1.54, 1.807) is 0 Å². The van der Waals surface area contributed by atoms with Gasteiger partial charge >= 0.3 is 0 Å². The van der Waals surface area contributed by atoms with Gasteiger partial charge in [-0.05, 0) is 62.9 Å². The second-order valence-corrected chi connectivity index (χ2v) is 12.8. The van der Waals surface area contributed by atoms with Crippen molar-refractivity contribution in [1.29, 1.82) is 0 Å². The van der Waals surface area contributed by atoms with Gasteiger partial charge in [0.25, 0.3) is 0 Å². The van der Waals surface area contributed by atoms with Crippen molar-refractivity contribution in [2.45, 2.75) is 53.8 Å². The van der Waals surface area contributed by atoms with Crippen LogP contribution in [-0.2, 0) is 12.0 Å². The van der Waals surface area contributed by atoms with E-state index in [0.29, 0.717) is 5.92 Å². The molecule has 0 spiro atoms. The van der Waals surface area contributed by atoms with Gasteiger partial charge < -0.3 is 4.90 Å². The number of hydrogen-bond donors (Lipinski definition) is 0. The van der Waals surface area contributed by atoms with Crippen molar-refractivity contribution in [3.8, 4) is 0 Å². The summed E-state index contributed by atoms with van der Waals surface area (Å²) in [5.74, 6) is 0.548. The maximum atomic E-state index is 5.38. The van der Waals surface area contributed by atoms with E-state index in [0.717, 1.165) is 12.8 Å². The van der Waals surface area contributed by atoms with Crippen LogP contribution in [0.25, 0.3) is 0 Å². The Morgan fingerprint density at radius 3 is 2.28 bits per heavy atom. The minimum Gasteiger partial charge on any atom is -0.331 e. The molecule has 0 saturated carbocycles. The predicted octanol–water partition coefficient (Wildman–Crippen LogP) is 7.35. The van der Waals surface area contributed by atoms with E-state index in [1.165, 1.54) is 26.8 Å². The predicted molar refractivity (Wildman–Crippen MR) is 139 cm³/mol. The highest BCUT2D eigenvalue weighted by Crippen LogP contribution is 2.73. The number of aliphatic imine (C=N–C) groups is 1. The Morgan fingerprint density at radius 2 is 1.56 bits per heavy atom. The van der Waals surface area contributed by atoms with Crippen LogP contribution in [0.4, 0.5) is 5.69 Å². The maximum Gasteiger partial charge on any atom is 0.147 e. The van der Waals surface area contributed by atoms with Crippen molar-refractivity contribution in [1.82, 2.24) is 0 Å². The number of nitrogens with zero attached hydrogens (tertiary/aromatic N) is 2. The van der Waals surface area contributed by atoms with Gasteiger partial charge in [0.15, 0.2) is 0 Å². The summed E-state index contributed by atoms with van der Waals surface area (Å²) in [4.78, 5) is 9.47. The third-order valence-corrected chi connectivity index (χ3v) is 9.99. The zero-order valence-electron chi connectivity index (χ0n) is 18.8. The molecule has 0 N–H and O–H groups in total. The van der Waals surface area contributed by atoms with E-state index in [-0.39, 0.29) is 15.3 Å². The minimum absolute atomic E-state index is 0.0877. The Kier molecular flexibility index (Phi) is 4.58. The lowest BCUT2D eigenvalue weighted by Gasteiger charge is -2.44. The van der Waals surface area contributed by atoms with Gasteiger partial charge in [-0.25, -0.2) is 0 Å². The van der Waals surface area contributed by atoms with Crippen LogP contribution in [0.3, 0.4) is 0 Å². The highest BCUT2D eigenvalue weighted by molar-refractivity contribution is 8.27. The Labute approximate surface area is 199 Å². The molecular formula is C28H28N2S2. The highest BCUT2D eigenvalue weighted by atomic mass is 32.2. The average Bonchev–Trinajstić information content (AvgIpc) is 3.12. The zero-order valence-corrected chi connectivity index (χ0v) is 20.4. The topological polar surface area (TPSA) is 15.6 Å². The molecule has 32 heavy (non-hydrogen) atoms. The van der Waals surface area contributed by atoms with Crippen LogP contribution >= 0.6 is 23.5 Å². The zero-order chi connectivity index (χ0) is 22.0. The lowest BCUT2D eigenvalue weighted by atomic mass is 9.84. The van der Waals surface area contributed by atoms with Gasteiger partial charge in [-0.1, -0.05) is 90.3 Å². The van der Waals surface area contributed by atoms with Gasteiger partial charge in [0.05, 0.1) is 5.54 Å². The summed E-state index contributed by atoms with van der Waals surface area (Å²) in [6, 6.07) is 31.1. The van der Waals surface area contributed by atoms with Crippen LogP contribution in [0, 0.1) is 5.92 Å².